The lowest BCUT2D eigenvalue weighted by Gasteiger charge is -2.24. The van der Waals surface area contributed by atoms with Crippen molar-refractivity contribution in [1.82, 2.24) is 0 Å². The molecule has 0 saturated carbocycles. The Bertz CT molecular complexity index is 521. The van der Waals surface area contributed by atoms with Crippen LogP contribution in [0, 0.1) is 0 Å². The molecule has 1 atom stereocenters. The predicted octanol–water partition coefficient (Wildman–Crippen LogP) is 2.66. The van der Waals surface area contributed by atoms with Gasteiger partial charge in [-0.2, -0.15) is 0 Å². The highest BCUT2D eigenvalue weighted by Crippen LogP contribution is 2.41. The third kappa shape index (κ3) is 1.13. The molecule has 15 heavy (non-hydrogen) atoms. The first kappa shape index (κ1) is 8.41. The Morgan fingerprint density at radius 2 is 1.80 bits per heavy atom. The molecule has 2 aromatic carbocycles. The van der Waals surface area contributed by atoms with Crippen LogP contribution in [-0.2, 0) is 0 Å². The van der Waals surface area contributed by atoms with Gasteiger partial charge in [0.1, 0.15) is 17.2 Å². The molecular weight excluding hydrogens is 192 g/mol. The van der Waals surface area contributed by atoms with Crippen molar-refractivity contribution < 1.29 is 14.6 Å². The molecule has 0 aromatic heterocycles. The molecule has 1 N–H and O–H groups in total. The fourth-order valence-corrected chi connectivity index (χ4v) is 1.90. The molecule has 1 aliphatic rings. The Morgan fingerprint density at radius 1 is 1.07 bits per heavy atom. The lowest BCUT2D eigenvalue weighted by atomic mass is 10.1. The zero-order chi connectivity index (χ0) is 10.4. The van der Waals surface area contributed by atoms with E-state index in [4.69, 9.17) is 9.47 Å². The second-order valence-corrected chi connectivity index (χ2v) is 3.56. The average Bonchev–Trinajstić information content (AvgIpc) is 2.23. The quantitative estimate of drug-likeness (QED) is 0.713. The van der Waals surface area contributed by atoms with Gasteiger partial charge < -0.3 is 14.6 Å². The summed E-state index contributed by atoms with van der Waals surface area (Å²) in [6, 6.07) is 8.99. The molecule has 0 aliphatic carbocycles. The Hall–Kier alpha value is -1.90. The highest BCUT2D eigenvalue weighted by Gasteiger charge is 2.20. The zero-order valence-corrected chi connectivity index (χ0v) is 8.23. The smallest absolute Gasteiger partial charge is 0.238 e. The highest BCUT2D eigenvalue weighted by atomic mass is 16.7. The summed E-state index contributed by atoms with van der Waals surface area (Å²) in [7, 11) is 0. The maximum Gasteiger partial charge on any atom is 0.238 e. The summed E-state index contributed by atoms with van der Waals surface area (Å²) in [4.78, 5) is 0. The number of hydrogen-bond acceptors (Lipinski definition) is 3. The van der Waals surface area contributed by atoms with Gasteiger partial charge in [-0.1, -0.05) is 12.1 Å². The second kappa shape index (κ2) is 2.79. The van der Waals surface area contributed by atoms with Crippen LogP contribution in [0.5, 0.6) is 17.2 Å². The number of rotatable bonds is 0. The molecule has 2 aromatic rings. The number of ether oxygens (including phenoxy) is 2. The summed E-state index contributed by atoms with van der Waals surface area (Å²) in [5, 5.41) is 11.3. The third-order valence-corrected chi connectivity index (χ3v) is 2.53. The maximum atomic E-state index is 9.69. The van der Waals surface area contributed by atoms with Crippen molar-refractivity contribution in [2.45, 2.75) is 13.2 Å². The average molecular weight is 202 g/mol. The van der Waals surface area contributed by atoms with Crippen molar-refractivity contribution >= 4 is 10.8 Å². The van der Waals surface area contributed by atoms with Gasteiger partial charge in [0, 0.05) is 12.3 Å². The molecular formula is C12H10O3. The number of hydrogen-bond donors (Lipinski definition) is 1. The number of phenolic OH excluding ortho intramolecular Hbond substituents is 1. The highest BCUT2D eigenvalue weighted by molar-refractivity contribution is 5.98. The van der Waals surface area contributed by atoms with Crippen LogP contribution in [0.2, 0.25) is 0 Å². The van der Waals surface area contributed by atoms with Crippen LogP contribution >= 0.6 is 0 Å². The van der Waals surface area contributed by atoms with E-state index < -0.39 is 0 Å². The molecule has 0 fully saturated rings. The van der Waals surface area contributed by atoms with Gasteiger partial charge in [0.15, 0.2) is 0 Å². The number of aromatic hydroxyl groups is 1. The van der Waals surface area contributed by atoms with Gasteiger partial charge in [0.2, 0.25) is 6.29 Å². The van der Waals surface area contributed by atoms with E-state index in [1.807, 2.05) is 25.1 Å². The molecule has 1 heterocycles. The maximum absolute atomic E-state index is 9.69. The van der Waals surface area contributed by atoms with Gasteiger partial charge >= 0.3 is 0 Å². The first-order chi connectivity index (χ1) is 7.25. The van der Waals surface area contributed by atoms with Crippen LogP contribution in [0.3, 0.4) is 0 Å². The van der Waals surface area contributed by atoms with Crippen LogP contribution in [0.15, 0.2) is 30.3 Å². The predicted molar refractivity (Wildman–Crippen MR) is 56.3 cm³/mol. The first-order valence-corrected chi connectivity index (χ1v) is 4.84. The van der Waals surface area contributed by atoms with Crippen LogP contribution in [0.1, 0.15) is 6.92 Å². The fourth-order valence-electron chi connectivity index (χ4n) is 1.90. The molecule has 1 aliphatic heterocycles. The molecule has 0 amide bonds. The minimum atomic E-state index is -0.285. The van der Waals surface area contributed by atoms with E-state index >= 15 is 0 Å². The van der Waals surface area contributed by atoms with Crippen molar-refractivity contribution in [3.8, 4) is 17.2 Å². The topological polar surface area (TPSA) is 38.7 Å². The third-order valence-electron chi connectivity index (χ3n) is 2.53. The SMILES string of the molecule is CC1Oc2cccc3c(O)ccc(c23)O1. The van der Waals surface area contributed by atoms with E-state index in [0.717, 1.165) is 22.3 Å². The lowest BCUT2D eigenvalue weighted by molar-refractivity contribution is 0.0160. The van der Waals surface area contributed by atoms with Gasteiger partial charge in [0.25, 0.3) is 0 Å². The van der Waals surface area contributed by atoms with E-state index in [1.54, 1.807) is 12.1 Å². The van der Waals surface area contributed by atoms with Crippen molar-refractivity contribution in [3.05, 3.63) is 30.3 Å². The van der Waals surface area contributed by atoms with E-state index in [9.17, 15) is 5.11 Å². The van der Waals surface area contributed by atoms with E-state index in [-0.39, 0.29) is 12.0 Å². The molecule has 0 bridgehead atoms. The molecule has 1 unspecified atom stereocenters. The Labute approximate surface area is 86.9 Å². The Kier molecular flexibility index (Phi) is 1.57. The fraction of sp³-hybridized carbons (Fsp3) is 0.167. The molecule has 0 saturated heterocycles. The molecule has 3 heteroatoms. The van der Waals surface area contributed by atoms with Gasteiger partial charge in [-0.25, -0.2) is 0 Å². The van der Waals surface area contributed by atoms with Gasteiger partial charge in [-0.15, -0.1) is 0 Å². The molecule has 3 nitrogen and oxygen atoms in total. The standard InChI is InChI=1S/C12H10O3/c1-7-14-10-4-2-3-8-9(13)5-6-11(15-7)12(8)10/h2-7,13H,1H3. The van der Waals surface area contributed by atoms with Crippen molar-refractivity contribution in [2.24, 2.45) is 0 Å². The Balaban J connectivity index is 2.42. The van der Waals surface area contributed by atoms with Crippen LogP contribution < -0.4 is 9.47 Å². The summed E-state index contributed by atoms with van der Waals surface area (Å²) < 4.78 is 11.1. The minimum Gasteiger partial charge on any atom is -0.507 e. The molecule has 3 rings (SSSR count). The number of benzene rings is 2. The molecule has 0 spiro atoms. The van der Waals surface area contributed by atoms with Crippen LogP contribution in [-0.4, -0.2) is 11.4 Å². The summed E-state index contributed by atoms with van der Waals surface area (Å²) >= 11 is 0. The lowest BCUT2D eigenvalue weighted by Crippen LogP contribution is -2.22. The summed E-state index contributed by atoms with van der Waals surface area (Å²) in [6.07, 6.45) is -0.285. The first-order valence-electron chi connectivity index (χ1n) is 4.84. The summed E-state index contributed by atoms with van der Waals surface area (Å²) in [5.74, 6) is 1.77. The van der Waals surface area contributed by atoms with Crippen molar-refractivity contribution in [3.63, 3.8) is 0 Å². The van der Waals surface area contributed by atoms with Gasteiger partial charge in [0.05, 0.1) is 5.39 Å². The molecule has 0 radical (unpaired) electrons. The van der Waals surface area contributed by atoms with Gasteiger partial charge in [-0.3, -0.25) is 0 Å². The summed E-state index contributed by atoms with van der Waals surface area (Å²) in [6.45, 7) is 1.84. The minimum absolute atomic E-state index is 0.248. The zero-order valence-electron chi connectivity index (χ0n) is 8.23. The van der Waals surface area contributed by atoms with E-state index in [2.05, 4.69) is 0 Å². The normalized spacial score (nSPS) is 18.3. The monoisotopic (exact) mass is 202 g/mol. The number of phenols is 1. The van der Waals surface area contributed by atoms with Crippen LogP contribution in [0.4, 0.5) is 0 Å². The summed E-state index contributed by atoms with van der Waals surface area (Å²) in [5.41, 5.74) is 0. The van der Waals surface area contributed by atoms with Crippen LogP contribution in [0.25, 0.3) is 10.8 Å². The van der Waals surface area contributed by atoms with Gasteiger partial charge in [-0.05, 0) is 18.2 Å². The Morgan fingerprint density at radius 3 is 2.60 bits per heavy atom. The van der Waals surface area contributed by atoms with Crippen molar-refractivity contribution in [2.75, 3.05) is 0 Å². The largest absolute Gasteiger partial charge is 0.507 e. The van der Waals surface area contributed by atoms with E-state index in [0.29, 0.717) is 0 Å². The molecule has 76 valence electrons. The second-order valence-electron chi connectivity index (χ2n) is 3.56. The van der Waals surface area contributed by atoms with Crippen molar-refractivity contribution in [1.29, 1.82) is 0 Å². The van der Waals surface area contributed by atoms with E-state index in [1.165, 1.54) is 0 Å².